The monoisotopic (exact) mass is 355 g/mol. The number of amides is 2. The number of nitrogens with zero attached hydrogens (tertiary/aromatic N) is 7. The molecular weight excluding hydrogens is 334 g/mol. The Bertz CT molecular complexity index is 837. The van der Waals surface area contributed by atoms with Gasteiger partial charge in [-0.15, -0.1) is 0 Å². The van der Waals surface area contributed by atoms with Gasteiger partial charge < -0.3 is 9.80 Å². The molecule has 2 fully saturated rings. The minimum Gasteiger partial charge on any atom is -0.337 e. The first-order valence-electron chi connectivity index (χ1n) is 8.55. The van der Waals surface area contributed by atoms with E-state index in [0.29, 0.717) is 31.7 Å². The first-order chi connectivity index (χ1) is 12.5. The van der Waals surface area contributed by atoms with Crippen molar-refractivity contribution in [3.63, 3.8) is 0 Å². The van der Waals surface area contributed by atoms with Gasteiger partial charge >= 0.3 is 0 Å². The van der Waals surface area contributed by atoms with Crippen LogP contribution in [-0.2, 0) is 11.8 Å². The molecule has 2 amide bonds. The summed E-state index contributed by atoms with van der Waals surface area (Å²) < 4.78 is 1.69. The van der Waals surface area contributed by atoms with Crippen LogP contribution in [0.5, 0.6) is 0 Å². The van der Waals surface area contributed by atoms with Crippen LogP contribution in [0.15, 0.2) is 30.9 Å². The second kappa shape index (κ2) is 6.17. The van der Waals surface area contributed by atoms with Gasteiger partial charge in [-0.2, -0.15) is 15.3 Å². The summed E-state index contributed by atoms with van der Waals surface area (Å²) in [6.07, 6.45) is 7.38. The minimum atomic E-state index is -0.250. The molecule has 2 aromatic rings. The summed E-state index contributed by atoms with van der Waals surface area (Å²) in [4.78, 5) is 31.0. The molecule has 4 heterocycles. The van der Waals surface area contributed by atoms with Crippen molar-refractivity contribution in [1.82, 2.24) is 29.8 Å². The molecule has 1 spiro atoms. The third-order valence-corrected chi connectivity index (χ3v) is 5.39. The standard InChI is InChI=1S/C17H21N7O2/c1-21-10-15(25)24(14-8-20-22(2)9-14)12-17(21)4-6-23(11-17)16(26)13-3-5-18-19-7-13/h3,5,7-9H,4,6,10-12H2,1-2H3/t17-/m1/s1. The summed E-state index contributed by atoms with van der Waals surface area (Å²) in [5, 5.41) is 11.7. The highest BCUT2D eigenvalue weighted by atomic mass is 16.2. The van der Waals surface area contributed by atoms with Gasteiger partial charge in [0.05, 0.1) is 41.9 Å². The van der Waals surface area contributed by atoms with Crippen molar-refractivity contribution in [3.8, 4) is 0 Å². The smallest absolute Gasteiger partial charge is 0.255 e. The molecule has 9 heteroatoms. The highest BCUT2D eigenvalue weighted by Crippen LogP contribution is 2.33. The van der Waals surface area contributed by atoms with Gasteiger partial charge in [0, 0.05) is 32.9 Å². The van der Waals surface area contributed by atoms with Crippen molar-refractivity contribution in [2.45, 2.75) is 12.0 Å². The number of anilines is 1. The summed E-state index contributed by atoms with van der Waals surface area (Å²) in [6.45, 7) is 2.11. The van der Waals surface area contributed by atoms with Crippen LogP contribution in [0.2, 0.25) is 0 Å². The van der Waals surface area contributed by atoms with E-state index in [4.69, 9.17) is 0 Å². The number of aryl methyl sites for hydroxylation is 1. The Morgan fingerprint density at radius 3 is 2.73 bits per heavy atom. The van der Waals surface area contributed by atoms with Gasteiger partial charge in [-0.25, -0.2) is 0 Å². The average Bonchev–Trinajstić information content (AvgIpc) is 3.26. The van der Waals surface area contributed by atoms with E-state index in [-0.39, 0.29) is 17.4 Å². The Kier molecular flexibility index (Phi) is 3.95. The quantitative estimate of drug-likeness (QED) is 0.740. The van der Waals surface area contributed by atoms with Crippen molar-refractivity contribution in [3.05, 3.63) is 36.4 Å². The summed E-state index contributed by atoms with van der Waals surface area (Å²) in [5.74, 6) is 0.00392. The van der Waals surface area contributed by atoms with E-state index in [1.54, 1.807) is 21.8 Å². The number of hydrogen-bond acceptors (Lipinski definition) is 6. The zero-order chi connectivity index (χ0) is 18.3. The van der Waals surface area contributed by atoms with E-state index in [1.165, 1.54) is 12.4 Å². The summed E-state index contributed by atoms with van der Waals surface area (Å²) >= 11 is 0. The van der Waals surface area contributed by atoms with Crippen molar-refractivity contribution in [1.29, 1.82) is 0 Å². The third-order valence-electron chi connectivity index (χ3n) is 5.39. The van der Waals surface area contributed by atoms with Gasteiger partial charge in [0.15, 0.2) is 0 Å². The predicted octanol–water partition coefficient (Wildman–Crippen LogP) is -0.227. The van der Waals surface area contributed by atoms with Crippen LogP contribution in [0.3, 0.4) is 0 Å². The van der Waals surface area contributed by atoms with Crippen LogP contribution >= 0.6 is 0 Å². The lowest BCUT2D eigenvalue weighted by Crippen LogP contribution is -2.64. The number of carbonyl (C=O) groups excluding carboxylic acids is 2. The second-order valence-electron chi connectivity index (χ2n) is 7.04. The van der Waals surface area contributed by atoms with E-state index in [2.05, 4.69) is 20.2 Å². The number of likely N-dealkylation sites (N-methyl/N-ethyl adjacent to an activating group) is 1. The maximum Gasteiger partial charge on any atom is 0.255 e. The zero-order valence-corrected chi connectivity index (χ0v) is 14.9. The van der Waals surface area contributed by atoms with Gasteiger partial charge in [0.2, 0.25) is 5.91 Å². The van der Waals surface area contributed by atoms with E-state index < -0.39 is 0 Å². The maximum atomic E-state index is 12.7. The Morgan fingerprint density at radius 2 is 2.04 bits per heavy atom. The maximum absolute atomic E-state index is 12.7. The topological polar surface area (TPSA) is 87.5 Å². The van der Waals surface area contributed by atoms with Gasteiger partial charge in [0.25, 0.3) is 5.91 Å². The molecule has 4 rings (SSSR count). The third kappa shape index (κ3) is 2.74. The molecule has 0 N–H and O–H groups in total. The molecule has 0 unspecified atom stereocenters. The zero-order valence-electron chi connectivity index (χ0n) is 14.9. The highest BCUT2D eigenvalue weighted by molar-refractivity contribution is 5.96. The van der Waals surface area contributed by atoms with Crippen LogP contribution in [0.4, 0.5) is 5.69 Å². The summed E-state index contributed by atoms with van der Waals surface area (Å²) in [7, 11) is 3.79. The molecule has 2 aliphatic rings. The van der Waals surface area contributed by atoms with E-state index in [9.17, 15) is 9.59 Å². The van der Waals surface area contributed by atoms with Gasteiger partial charge in [-0.05, 0) is 19.5 Å². The Balaban J connectivity index is 1.56. The molecule has 0 radical (unpaired) electrons. The van der Waals surface area contributed by atoms with E-state index >= 15 is 0 Å². The molecular formula is C17H21N7O2. The highest BCUT2D eigenvalue weighted by Gasteiger charge is 2.48. The molecule has 0 bridgehead atoms. The van der Waals surface area contributed by atoms with Crippen LogP contribution in [-0.4, -0.2) is 80.4 Å². The van der Waals surface area contributed by atoms with Crippen LogP contribution in [0.1, 0.15) is 16.8 Å². The fourth-order valence-corrected chi connectivity index (χ4v) is 3.81. The van der Waals surface area contributed by atoms with Crippen molar-refractivity contribution < 1.29 is 9.59 Å². The Hall–Kier alpha value is -2.81. The SMILES string of the molecule is CN1CC(=O)N(c2cnn(C)c2)C[C@]12CCN(C(=O)c1ccnnc1)C2. The predicted molar refractivity (Wildman–Crippen MR) is 93.5 cm³/mol. The molecule has 2 saturated heterocycles. The largest absolute Gasteiger partial charge is 0.337 e. The first kappa shape index (κ1) is 16.6. The number of aromatic nitrogens is 4. The lowest BCUT2D eigenvalue weighted by Gasteiger charge is -2.46. The summed E-state index contributed by atoms with van der Waals surface area (Å²) in [5.41, 5.74) is 1.09. The van der Waals surface area contributed by atoms with E-state index in [0.717, 1.165) is 12.1 Å². The minimum absolute atomic E-state index is 0.0463. The molecule has 0 aromatic carbocycles. The van der Waals surface area contributed by atoms with Gasteiger partial charge in [0.1, 0.15) is 0 Å². The number of hydrogen-bond donors (Lipinski definition) is 0. The van der Waals surface area contributed by atoms with Gasteiger partial charge in [-0.3, -0.25) is 19.2 Å². The number of piperazine rings is 1. The Morgan fingerprint density at radius 1 is 1.19 bits per heavy atom. The van der Waals surface area contributed by atoms with Crippen molar-refractivity contribution in [2.75, 3.05) is 38.1 Å². The molecule has 0 aliphatic carbocycles. The number of carbonyl (C=O) groups is 2. The molecule has 1 atom stereocenters. The molecule has 26 heavy (non-hydrogen) atoms. The van der Waals surface area contributed by atoms with Crippen LogP contribution in [0.25, 0.3) is 0 Å². The van der Waals surface area contributed by atoms with Gasteiger partial charge in [-0.1, -0.05) is 0 Å². The molecule has 136 valence electrons. The van der Waals surface area contributed by atoms with Crippen molar-refractivity contribution >= 4 is 17.5 Å². The molecule has 2 aliphatic heterocycles. The molecule has 9 nitrogen and oxygen atoms in total. The summed E-state index contributed by atoms with van der Waals surface area (Å²) in [6, 6.07) is 1.68. The van der Waals surface area contributed by atoms with Crippen molar-refractivity contribution in [2.24, 2.45) is 7.05 Å². The van der Waals surface area contributed by atoms with Crippen LogP contribution in [0, 0.1) is 0 Å². The number of likely N-dealkylation sites (tertiary alicyclic amines) is 1. The van der Waals surface area contributed by atoms with Crippen LogP contribution < -0.4 is 4.90 Å². The fourth-order valence-electron chi connectivity index (χ4n) is 3.81. The first-order valence-corrected chi connectivity index (χ1v) is 8.55. The fraction of sp³-hybridized carbons (Fsp3) is 0.471. The lowest BCUT2D eigenvalue weighted by molar-refractivity contribution is -0.123. The average molecular weight is 355 g/mol. The molecule has 0 saturated carbocycles. The normalized spacial score (nSPS) is 23.8. The van der Waals surface area contributed by atoms with E-state index in [1.807, 2.05) is 25.2 Å². The molecule has 2 aromatic heterocycles. The number of rotatable bonds is 2. The Labute approximate surface area is 151 Å². The lowest BCUT2D eigenvalue weighted by atomic mass is 9.93. The second-order valence-corrected chi connectivity index (χ2v) is 7.04.